The summed E-state index contributed by atoms with van der Waals surface area (Å²) in [6.45, 7) is 4.52. The number of methoxy groups -OCH3 is 1. The molecule has 0 unspecified atom stereocenters. The molecular formula is C15H25BrClNO3. The van der Waals surface area contributed by atoms with Crippen molar-refractivity contribution in [3.8, 4) is 11.5 Å². The number of halogens is 2. The topological polar surface area (TPSA) is 50.7 Å². The number of hydrogen-bond acceptors (Lipinski definition) is 4. The van der Waals surface area contributed by atoms with Crippen molar-refractivity contribution >= 4 is 28.3 Å². The van der Waals surface area contributed by atoms with Gasteiger partial charge in [-0.05, 0) is 44.9 Å². The molecule has 0 spiro atoms. The van der Waals surface area contributed by atoms with Crippen molar-refractivity contribution in [2.24, 2.45) is 0 Å². The number of benzene rings is 1. The maximum absolute atomic E-state index is 8.73. The summed E-state index contributed by atoms with van der Waals surface area (Å²) < 4.78 is 12.0. The molecule has 0 amide bonds. The van der Waals surface area contributed by atoms with E-state index < -0.39 is 0 Å². The fourth-order valence-corrected chi connectivity index (χ4v) is 2.46. The van der Waals surface area contributed by atoms with Crippen LogP contribution in [0.5, 0.6) is 11.5 Å². The summed E-state index contributed by atoms with van der Waals surface area (Å²) in [5.74, 6) is 1.55. The quantitative estimate of drug-likeness (QED) is 0.608. The van der Waals surface area contributed by atoms with Gasteiger partial charge < -0.3 is 19.9 Å². The van der Waals surface area contributed by atoms with Crippen molar-refractivity contribution in [3.63, 3.8) is 0 Å². The second kappa shape index (κ2) is 12.1. The summed E-state index contributed by atoms with van der Waals surface area (Å²) in [7, 11) is 1.65. The molecule has 0 bridgehead atoms. The zero-order valence-electron chi connectivity index (χ0n) is 12.7. The summed E-state index contributed by atoms with van der Waals surface area (Å²) in [4.78, 5) is 0. The van der Waals surface area contributed by atoms with Crippen molar-refractivity contribution < 1.29 is 14.6 Å². The molecule has 0 aromatic heterocycles. The molecule has 4 nitrogen and oxygen atoms in total. The molecular weight excluding hydrogens is 358 g/mol. The van der Waals surface area contributed by atoms with Gasteiger partial charge in [0.1, 0.15) is 0 Å². The van der Waals surface area contributed by atoms with Gasteiger partial charge in [0.15, 0.2) is 11.5 Å². The third-order valence-corrected chi connectivity index (χ3v) is 3.39. The molecule has 0 heterocycles. The van der Waals surface area contributed by atoms with E-state index in [-0.39, 0.29) is 19.0 Å². The minimum Gasteiger partial charge on any atom is -0.493 e. The summed E-state index contributed by atoms with van der Waals surface area (Å²) in [5, 5.41) is 12.1. The van der Waals surface area contributed by atoms with E-state index >= 15 is 0 Å². The summed E-state index contributed by atoms with van der Waals surface area (Å²) >= 11 is 3.49. The van der Waals surface area contributed by atoms with E-state index in [0.717, 1.165) is 53.9 Å². The summed E-state index contributed by atoms with van der Waals surface area (Å²) in [6, 6.07) is 3.96. The second-order valence-electron chi connectivity index (χ2n) is 4.49. The molecule has 0 saturated heterocycles. The van der Waals surface area contributed by atoms with Crippen molar-refractivity contribution in [3.05, 3.63) is 22.2 Å². The van der Waals surface area contributed by atoms with E-state index in [4.69, 9.17) is 14.6 Å². The van der Waals surface area contributed by atoms with Crippen molar-refractivity contribution in [1.29, 1.82) is 0 Å². The van der Waals surface area contributed by atoms with Crippen LogP contribution in [0.25, 0.3) is 0 Å². The zero-order valence-corrected chi connectivity index (χ0v) is 15.1. The molecule has 21 heavy (non-hydrogen) atoms. The molecule has 0 saturated carbocycles. The number of nitrogens with one attached hydrogen (secondary N) is 1. The lowest BCUT2D eigenvalue weighted by Gasteiger charge is -2.15. The van der Waals surface area contributed by atoms with Crippen LogP contribution in [0.3, 0.4) is 0 Å². The molecule has 0 fully saturated rings. The first-order valence-corrected chi connectivity index (χ1v) is 7.83. The Bertz CT molecular complexity index is 405. The minimum absolute atomic E-state index is 0. The van der Waals surface area contributed by atoms with Gasteiger partial charge in [-0.1, -0.05) is 15.9 Å². The SMILES string of the molecule is CCOc1c(CNCCCCCO)cc(Br)cc1OC.Cl. The lowest BCUT2D eigenvalue weighted by molar-refractivity contribution is 0.282. The maximum Gasteiger partial charge on any atom is 0.165 e. The Morgan fingerprint density at radius 2 is 2.00 bits per heavy atom. The number of hydrogen-bond donors (Lipinski definition) is 2. The van der Waals surface area contributed by atoms with Crippen LogP contribution >= 0.6 is 28.3 Å². The molecule has 1 aromatic rings. The zero-order chi connectivity index (χ0) is 14.8. The van der Waals surface area contributed by atoms with Crippen molar-refractivity contribution in [1.82, 2.24) is 5.32 Å². The third-order valence-electron chi connectivity index (χ3n) is 2.93. The fraction of sp³-hybridized carbons (Fsp3) is 0.600. The van der Waals surface area contributed by atoms with Gasteiger partial charge in [0.05, 0.1) is 13.7 Å². The predicted molar refractivity (Wildman–Crippen MR) is 91.8 cm³/mol. The van der Waals surface area contributed by atoms with Gasteiger partial charge >= 0.3 is 0 Å². The third kappa shape index (κ3) is 7.36. The molecule has 0 aliphatic carbocycles. The van der Waals surface area contributed by atoms with E-state index in [1.165, 1.54) is 0 Å². The number of ether oxygens (including phenoxy) is 2. The Morgan fingerprint density at radius 3 is 2.62 bits per heavy atom. The number of aliphatic hydroxyl groups excluding tert-OH is 1. The minimum atomic E-state index is 0. The van der Waals surface area contributed by atoms with Gasteiger partial charge in [-0.25, -0.2) is 0 Å². The largest absolute Gasteiger partial charge is 0.493 e. The van der Waals surface area contributed by atoms with Gasteiger partial charge in [-0.2, -0.15) is 0 Å². The average Bonchev–Trinajstić information content (AvgIpc) is 2.45. The first-order chi connectivity index (χ1) is 9.72. The molecule has 0 atom stereocenters. The Balaban J connectivity index is 0.00000400. The monoisotopic (exact) mass is 381 g/mol. The first-order valence-electron chi connectivity index (χ1n) is 7.03. The summed E-state index contributed by atoms with van der Waals surface area (Å²) in [6.07, 6.45) is 2.98. The summed E-state index contributed by atoms with van der Waals surface area (Å²) in [5.41, 5.74) is 1.08. The van der Waals surface area contributed by atoms with Crippen LogP contribution in [0.15, 0.2) is 16.6 Å². The molecule has 122 valence electrons. The van der Waals surface area contributed by atoms with Gasteiger partial charge in [0.25, 0.3) is 0 Å². The van der Waals surface area contributed by atoms with E-state index in [1.807, 2.05) is 19.1 Å². The van der Waals surface area contributed by atoms with Crippen molar-refractivity contribution in [2.45, 2.75) is 32.7 Å². The Hall–Kier alpha value is -0.490. The molecule has 1 aromatic carbocycles. The molecule has 1 rings (SSSR count). The Kier molecular flexibility index (Phi) is 11.8. The van der Waals surface area contributed by atoms with Crippen LogP contribution in [-0.2, 0) is 6.54 Å². The molecule has 6 heteroatoms. The van der Waals surface area contributed by atoms with Crippen LogP contribution in [0, 0.1) is 0 Å². The maximum atomic E-state index is 8.73. The van der Waals surface area contributed by atoms with Crippen LogP contribution in [0.4, 0.5) is 0 Å². The highest BCUT2D eigenvalue weighted by atomic mass is 79.9. The van der Waals surface area contributed by atoms with E-state index in [9.17, 15) is 0 Å². The second-order valence-corrected chi connectivity index (χ2v) is 5.41. The number of unbranched alkanes of at least 4 members (excludes halogenated alkanes) is 2. The van der Waals surface area contributed by atoms with Crippen LogP contribution < -0.4 is 14.8 Å². The predicted octanol–water partition coefficient (Wildman–Crippen LogP) is 3.53. The van der Waals surface area contributed by atoms with Gasteiger partial charge in [0, 0.05) is 23.2 Å². The highest BCUT2D eigenvalue weighted by Gasteiger charge is 2.11. The van der Waals surface area contributed by atoms with Crippen molar-refractivity contribution in [2.75, 3.05) is 26.9 Å². The molecule has 0 aliphatic heterocycles. The van der Waals surface area contributed by atoms with Crippen LogP contribution in [0.1, 0.15) is 31.7 Å². The van der Waals surface area contributed by atoms with Crippen LogP contribution in [0.2, 0.25) is 0 Å². The molecule has 2 N–H and O–H groups in total. The average molecular weight is 383 g/mol. The number of aliphatic hydroxyl groups is 1. The highest BCUT2D eigenvalue weighted by molar-refractivity contribution is 9.10. The standard InChI is InChI=1S/C15H24BrNO3.ClH/c1-3-20-15-12(9-13(16)10-14(15)19-2)11-17-7-5-4-6-8-18;/h9-10,17-18H,3-8,11H2,1-2H3;1H. The normalized spacial score (nSPS) is 10.1. The smallest absolute Gasteiger partial charge is 0.165 e. The molecule has 0 aliphatic rings. The lowest BCUT2D eigenvalue weighted by Crippen LogP contribution is -2.16. The van der Waals surface area contributed by atoms with Gasteiger partial charge in [0.2, 0.25) is 0 Å². The Labute approximate surface area is 141 Å². The van der Waals surface area contributed by atoms with E-state index in [2.05, 4.69) is 21.2 Å². The van der Waals surface area contributed by atoms with Crippen LogP contribution in [-0.4, -0.2) is 32.0 Å². The lowest BCUT2D eigenvalue weighted by atomic mass is 10.1. The Morgan fingerprint density at radius 1 is 1.24 bits per heavy atom. The van der Waals surface area contributed by atoms with Gasteiger partial charge in [-0.15, -0.1) is 12.4 Å². The fourth-order valence-electron chi connectivity index (χ4n) is 1.98. The van der Waals surface area contributed by atoms with E-state index in [0.29, 0.717) is 6.61 Å². The van der Waals surface area contributed by atoms with Gasteiger partial charge in [-0.3, -0.25) is 0 Å². The first kappa shape index (κ1) is 20.5. The van der Waals surface area contributed by atoms with E-state index in [1.54, 1.807) is 7.11 Å². The highest BCUT2D eigenvalue weighted by Crippen LogP contribution is 2.34. The number of rotatable bonds is 10. The molecule has 0 radical (unpaired) electrons.